The van der Waals surface area contributed by atoms with Crippen molar-refractivity contribution in [1.29, 1.82) is 0 Å². The average Bonchev–Trinajstić information content (AvgIpc) is 3.29. The number of aliphatic hydroxyl groups is 1. The number of carboxylic acid groups (broad SMARTS) is 1. The Morgan fingerprint density at radius 1 is 1.12 bits per heavy atom. The summed E-state index contributed by atoms with van der Waals surface area (Å²) in [5.41, 5.74) is 3.82. The number of benzene rings is 2. The van der Waals surface area contributed by atoms with Crippen LogP contribution in [-0.2, 0) is 17.8 Å². The molecule has 0 spiro atoms. The summed E-state index contributed by atoms with van der Waals surface area (Å²) in [6.07, 6.45) is 1.63. The van der Waals surface area contributed by atoms with Gasteiger partial charge in [-0.1, -0.05) is 32.0 Å². The second-order valence-corrected chi connectivity index (χ2v) is 10.8. The zero-order chi connectivity index (χ0) is 32.2. The summed E-state index contributed by atoms with van der Waals surface area (Å²) in [6.45, 7) is 5.98. The van der Waals surface area contributed by atoms with Crippen LogP contribution in [0.4, 0.5) is 27.6 Å². The highest BCUT2D eigenvalue weighted by molar-refractivity contribution is 5.84. The van der Waals surface area contributed by atoms with Gasteiger partial charge in [0.1, 0.15) is 18.2 Å². The Bertz CT molecular complexity index is 1260. The molecule has 3 aromatic rings. The number of rotatable bonds is 7. The van der Waals surface area contributed by atoms with E-state index in [9.17, 15) is 26.7 Å². The fraction of sp³-hybridized carbons (Fsp3) is 0.516. The Morgan fingerprint density at radius 2 is 1.70 bits per heavy atom. The Labute approximate surface area is 249 Å². The third-order valence-electron chi connectivity index (χ3n) is 6.84. The molecule has 1 atom stereocenters. The lowest BCUT2D eigenvalue weighted by Gasteiger charge is -2.37. The Balaban J connectivity index is 0.000000243. The van der Waals surface area contributed by atoms with Gasteiger partial charge in [-0.3, -0.25) is 14.1 Å². The SMILES string of the molecule is CC1Cc2c([nH]c3ccccc23)CN1CC(F)(F)CO.CCC(=O)O.CCCF.CN1CC(Nc2cc(F)cc(F)c2)C1. The van der Waals surface area contributed by atoms with Gasteiger partial charge in [-0.2, -0.15) is 0 Å². The van der Waals surface area contributed by atoms with Crippen molar-refractivity contribution >= 4 is 22.6 Å². The predicted molar refractivity (Wildman–Crippen MR) is 159 cm³/mol. The fourth-order valence-corrected chi connectivity index (χ4v) is 4.63. The molecule has 0 radical (unpaired) electrons. The minimum atomic E-state index is -3.04. The lowest BCUT2D eigenvalue weighted by Crippen LogP contribution is -2.52. The number of alkyl halides is 3. The van der Waals surface area contributed by atoms with Crippen LogP contribution in [0.25, 0.3) is 10.9 Å². The van der Waals surface area contributed by atoms with E-state index in [1.54, 1.807) is 18.7 Å². The molecule has 5 rings (SSSR count). The molecule has 7 nitrogen and oxygen atoms in total. The topological polar surface area (TPSA) is 91.8 Å². The Kier molecular flexibility index (Phi) is 14.4. The molecule has 12 heteroatoms. The van der Waals surface area contributed by atoms with E-state index in [2.05, 4.69) is 21.3 Å². The predicted octanol–water partition coefficient (Wildman–Crippen LogP) is 6.08. The molecule has 43 heavy (non-hydrogen) atoms. The number of nitrogens with zero attached hydrogens (tertiary/aromatic N) is 2. The average molecular weight is 615 g/mol. The second-order valence-electron chi connectivity index (χ2n) is 10.8. The summed E-state index contributed by atoms with van der Waals surface area (Å²) in [5.74, 6) is -4.87. The van der Waals surface area contributed by atoms with Gasteiger partial charge >= 0.3 is 5.97 Å². The second kappa shape index (κ2) is 17.2. The molecular formula is C31H43F5N4O3. The molecule has 1 aromatic heterocycles. The van der Waals surface area contributed by atoms with Crippen LogP contribution in [0.2, 0.25) is 0 Å². The fourth-order valence-electron chi connectivity index (χ4n) is 4.63. The molecule has 4 N–H and O–H groups in total. The highest BCUT2D eigenvalue weighted by Crippen LogP contribution is 2.31. The molecule has 0 aliphatic carbocycles. The third kappa shape index (κ3) is 11.8. The molecule has 3 heterocycles. The number of aliphatic carboxylic acids is 1. The van der Waals surface area contributed by atoms with Crippen LogP contribution in [0.3, 0.4) is 0 Å². The number of carbonyl (C=O) groups is 1. The van der Waals surface area contributed by atoms with E-state index in [1.807, 2.05) is 32.2 Å². The summed E-state index contributed by atoms with van der Waals surface area (Å²) < 4.78 is 63.1. The van der Waals surface area contributed by atoms with Gasteiger partial charge in [0.15, 0.2) is 0 Å². The van der Waals surface area contributed by atoms with E-state index in [4.69, 9.17) is 10.2 Å². The highest BCUT2D eigenvalue weighted by Gasteiger charge is 2.35. The van der Waals surface area contributed by atoms with Gasteiger partial charge in [-0.05, 0) is 50.6 Å². The lowest BCUT2D eigenvalue weighted by atomic mass is 9.97. The van der Waals surface area contributed by atoms with Crippen molar-refractivity contribution < 1.29 is 37.0 Å². The normalized spacial score (nSPS) is 16.8. The smallest absolute Gasteiger partial charge is 0.303 e. The minimum Gasteiger partial charge on any atom is -0.481 e. The number of hydrogen-bond acceptors (Lipinski definition) is 5. The van der Waals surface area contributed by atoms with Gasteiger partial charge in [0, 0.05) is 60.4 Å². The molecule has 0 amide bonds. The zero-order valence-corrected chi connectivity index (χ0v) is 25.1. The minimum absolute atomic E-state index is 0.0409. The van der Waals surface area contributed by atoms with Crippen LogP contribution >= 0.6 is 0 Å². The first kappa shape index (κ1) is 36.0. The van der Waals surface area contributed by atoms with Crippen LogP contribution in [-0.4, -0.2) is 88.9 Å². The first-order valence-electron chi connectivity index (χ1n) is 14.3. The van der Waals surface area contributed by atoms with Crippen molar-refractivity contribution in [3.8, 4) is 0 Å². The quantitative estimate of drug-likeness (QED) is 0.241. The van der Waals surface area contributed by atoms with Gasteiger partial charge in [0.05, 0.1) is 19.3 Å². The maximum Gasteiger partial charge on any atom is 0.303 e. The van der Waals surface area contributed by atoms with Gasteiger partial charge < -0.3 is 25.4 Å². The van der Waals surface area contributed by atoms with Gasteiger partial charge in [-0.25, -0.2) is 17.6 Å². The van der Waals surface area contributed by atoms with E-state index < -0.39 is 36.7 Å². The summed E-state index contributed by atoms with van der Waals surface area (Å²) in [7, 11) is 2.00. The van der Waals surface area contributed by atoms with E-state index in [0.717, 1.165) is 36.8 Å². The number of aromatic amines is 1. The maximum atomic E-state index is 13.4. The molecule has 2 aliphatic heterocycles. The number of aromatic nitrogens is 1. The highest BCUT2D eigenvalue weighted by atomic mass is 19.3. The van der Waals surface area contributed by atoms with E-state index in [-0.39, 0.29) is 19.1 Å². The Hall–Kier alpha value is -3.22. The van der Waals surface area contributed by atoms with E-state index in [1.165, 1.54) is 23.1 Å². The van der Waals surface area contributed by atoms with Crippen molar-refractivity contribution in [1.82, 2.24) is 14.8 Å². The standard InChI is InChI=1S/C15H18F2N2O.C10H12F2N2.C3H7F.C3H6O2/c1-10-6-12-11-4-2-3-5-13(11)18-14(12)7-19(10)8-15(16,17)9-20;1-14-5-10(6-14)13-9-3-7(11)2-8(12)4-9;1-2-3-4;1-2-3(4)5/h2-5,10,18,20H,6-9H2,1H3;2-4,10,13H,5-6H2,1H3;2-3H2,1H3;2H2,1H3,(H,4,5). The summed E-state index contributed by atoms with van der Waals surface area (Å²) in [5, 5.41) is 20.7. The lowest BCUT2D eigenvalue weighted by molar-refractivity contribution is -0.136. The number of likely N-dealkylation sites (N-methyl/N-ethyl adjacent to an activating group) is 1. The molecule has 2 aromatic carbocycles. The first-order valence-corrected chi connectivity index (χ1v) is 14.3. The number of carboxylic acids is 1. The molecule has 1 saturated heterocycles. The number of fused-ring (bicyclic) bond motifs is 3. The molecule has 2 aliphatic rings. The summed E-state index contributed by atoms with van der Waals surface area (Å²) in [4.78, 5) is 16.6. The van der Waals surface area contributed by atoms with Crippen molar-refractivity contribution in [3.05, 3.63) is 65.4 Å². The van der Waals surface area contributed by atoms with Crippen LogP contribution in [0.15, 0.2) is 42.5 Å². The number of halogens is 5. The number of aliphatic hydroxyl groups excluding tert-OH is 1. The first-order chi connectivity index (χ1) is 20.3. The monoisotopic (exact) mass is 614 g/mol. The van der Waals surface area contributed by atoms with Crippen LogP contribution in [0.1, 0.15) is 44.9 Å². The van der Waals surface area contributed by atoms with E-state index in [0.29, 0.717) is 24.7 Å². The summed E-state index contributed by atoms with van der Waals surface area (Å²) in [6, 6.07) is 11.9. The zero-order valence-electron chi connectivity index (χ0n) is 25.1. The largest absolute Gasteiger partial charge is 0.481 e. The molecule has 1 fully saturated rings. The van der Waals surface area contributed by atoms with Gasteiger partial charge in [-0.15, -0.1) is 0 Å². The van der Waals surface area contributed by atoms with E-state index >= 15 is 0 Å². The Morgan fingerprint density at radius 3 is 2.21 bits per heavy atom. The maximum absolute atomic E-state index is 13.4. The number of likely N-dealkylation sites (tertiary alicyclic amines) is 1. The molecule has 1 unspecified atom stereocenters. The van der Waals surface area contributed by atoms with Gasteiger partial charge in [0.2, 0.25) is 0 Å². The molecule has 240 valence electrons. The number of hydrogen-bond donors (Lipinski definition) is 4. The van der Waals surface area contributed by atoms with Crippen LogP contribution < -0.4 is 5.32 Å². The molecule has 0 saturated carbocycles. The molecular weight excluding hydrogens is 571 g/mol. The van der Waals surface area contributed by atoms with Crippen LogP contribution in [0.5, 0.6) is 0 Å². The number of nitrogens with one attached hydrogen (secondary N) is 2. The number of para-hydroxylation sites is 1. The van der Waals surface area contributed by atoms with Crippen LogP contribution in [0, 0.1) is 11.6 Å². The van der Waals surface area contributed by atoms with Crippen molar-refractivity contribution in [3.63, 3.8) is 0 Å². The van der Waals surface area contributed by atoms with Gasteiger partial charge in [0.25, 0.3) is 5.92 Å². The third-order valence-corrected chi connectivity index (χ3v) is 6.84. The van der Waals surface area contributed by atoms with Crippen molar-refractivity contribution in [2.75, 3.05) is 45.3 Å². The molecule has 0 bridgehead atoms. The van der Waals surface area contributed by atoms with Crippen molar-refractivity contribution in [2.45, 2.75) is 64.6 Å². The van der Waals surface area contributed by atoms with Crippen molar-refractivity contribution in [2.24, 2.45) is 0 Å². The summed E-state index contributed by atoms with van der Waals surface area (Å²) >= 11 is 0. The number of anilines is 1. The number of H-pyrrole nitrogens is 1.